The van der Waals surface area contributed by atoms with Crippen molar-refractivity contribution >= 4 is 0 Å². The molecule has 0 aliphatic heterocycles. The Labute approximate surface area is 339 Å². The van der Waals surface area contributed by atoms with Gasteiger partial charge in [0.15, 0.2) is 0 Å². The molecule has 0 aromatic heterocycles. The van der Waals surface area contributed by atoms with Crippen molar-refractivity contribution in [3.05, 3.63) is 0 Å². The number of nitrogens with zero attached hydrogens (tertiary/aromatic N) is 1. The second-order valence-corrected chi connectivity index (χ2v) is 18.4. The summed E-state index contributed by atoms with van der Waals surface area (Å²) in [4.78, 5) is 0. The molecule has 53 heavy (non-hydrogen) atoms. The summed E-state index contributed by atoms with van der Waals surface area (Å²) in [6.45, 7) is 15.3. The van der Waals surface area contributed by atoms with Crippen LogP contribution in [0.2, 0.25) is 0 Å². The largest absolute Gasteiger partial charge is 0.324 e. The maximum absolute atomic E-state index is 2.43. The van der Waals surface area contributed by atoms with Gasteiger partial charge in [-0.1, -0.05) is 265 Å². The molecule has 0 atom stereocenters. The summed E-state index contributed by atoms with van der Waals surface area (Å²) < 4.78 is 1.47. The molecule has 0 aliphatic rings. The standard InChI is InChI=1S/C52H108N/c1-5-9-13-16-19-22-25-28-31-34-37-40-43-46-50-53(49-12-8-4,51-47-44-41-38-35-32-29-26-23-20-17-14-10-6-2)52-48-45-42-39-36-33-30-27-24-21-18-15-11-7-3/h5-52H2,1-4H3/q+1. The zero-order valence-electron chi connectivity index (χ0n) is 38.4. The number of rotatable bonds is 48. The van der Waals surface area contributed by atoms with Gasteiger partial charge in [0.2, 0.25) is 0 Å². The molecule has 0 bridgehead atoms. The fourth-order valence-electron chi connectivity index (χ4n) is 9.09. The summed E-state index contributed by atoms with van der Waals surface area (Å²) in [5.41, 5.74) is 0. The fraction of sp³-hybridized carbons (Fsp3) is 1.00. The summed E-state index contributed by atoms with van der Waals surface area (Å²) >= 11 is 0. The van der Waals surface area contributed by atoms with E-state index in [1.165, 1.54) is 313 Å². The van der Waals surface area contributed by atoms with Crippen LogP contribution in [0.5, 0.6) is 0 Å². The van der Waals surface area contributed by atoms with Crippen molar-refractivity contribution in [1.29, 1.82) is 0 Å². The second-order valence-electron chi connectivity index (χ2n) is 18.4. The van der Waals surface area contributed by atoms with E-state index in [1.807, 2.05) is 0 Å². The summed E-state index contributed by atoms with van der Waals surface area (Å²) in [5, 5.41) is 0. The highest BCUT2D eigenvalue weighted by Crippen LogP contribution is 2.21. The number of hydrogen-bond acceptors (Lipinski definition) is 0. The van der Waals surface area contributed by atoms with Crippen molar-refractivity contribution in [3.8, 4) is 0 Å². The quantitative estimate of drug-likeness (QED) is 0.0430. The van der Waals surface area contributed by atoms with Gasteiger partial charge in [0.05, 0.1) is 26.2 Å². The Morgan fingerprint density at radius 1 is 0.151 bits per heavy atom. The van der Waals surface area contributed by atoms with E-state index in [-0.39, 0.29) is 0 Å². The molecule has 0 aliphatic carbocycles. The van der Waals surface area contributed by atoms with Crippen LogP contribution in [0, 0.1) is 0 Å². The van der Waals surface area contributed by atoms with Crippen LogP contribution in [0.25, 0.3) is 0 Å². The molecule has 0 spiro atoms. The molecule has 0 amide bonds. The van der Waals surface area contributed by atoms with E-state index < -0.39 is 0 Å². The van der Waals surface area contributed by atoms with Crippen LogP contribution in [-0.2, 0) is 0 Å². The first kappa shape index (κ1) is 53.0. The predicted octanol–water partition coefficient (Wildman–Crippen LogP) is 19.0. The minimum atomic E-state index is 1.37. The second kappa shape index (κ2) is 46.3. The molecule has 0 saturated carbocycles. The van der Waals surface area contributed by atoms with Crippen LogP contribution >= 0.6 is 0 Å². The Bertz CT molecular complexity index is 548. The molecule has 0 saturated heterocycles. The molecule has 0 radical (unpaired) electrons. The van der Waals surface area contributed by atoms with E-state index in [9.17, 15) is 0 Å². The van der Waals surface area contributed by atoms with Gasteiger partial charge in [-0.2, -0.15) is 0 Å². The van der Waals surface area contributed by atoms with Crippen LogP contribution in [0.4, 0.5) is 0 Å². The van der Waals surface area contributed by atoms with E-state index in [0.717, 1.165) is 0 Å². The smallest absolute Gasteiger partial charge is 0.0786 e. The lowest BCUT2D eigenvalue weighted by atomic mass is 10.0. The van der Waals surface area contributed by atoms with E-state index in [0.29, 0.717) is 0 Å². The van der Waals surface area contributed by atoms with Gasteiger partial charge in [-0.15, -0.1) is 0 Å². The van der Waals surface area contributed by atoms with Crippen molar-refractivity contribution in [2.45, 2.75) is 310 Å². The van der Waals surface area contributed by atoms with Crippen molar-refractivity contribution in [1.82, 2.24) is 0 Å². The van der Waals surface area contributed by atoms with Gasteiger partial charge in [-0.25, -0.2) is 0 Å². The average Bonchev–Trinajstić information content (AvgIpc) is 3.17. The normalized spacial score (nSPS) is 12.0. The minimum Gasteiger partial charge on any atom is -0.324 e. The highest BCUT2D eigenvalue weighted by atomic mass is 15.3. The Kier molecular flexibility index (Phi) is 46.3. The number of unbranched alkanes of at least 4 members (excludes halogenated alkanes) is 40. The first-order chi connectivity index (χ1) is 26.2. The van der Waals surface area contributed by atoms with Crippen molar-refractivity contribution in [3.63, 3.8) is 0 Å². The monoisotopic (exact) mass is 747 g/mol. The van der Waals surface area contributed by atoms with Gasteiger partial charge < -0.3 is 4.48 Å². The SMILES string of the molecule is CCCCCCCCCCCCCCCC[N+](CCCC)(CCCCCCCCCCCCCCCC)CCCCCCCCCCCCCCCC. The summed E-state index contributed by atoms with van der Waals surface area (Å²) in [5.74, 6) is 0. The lowest BCUT2D eigenvalue weighted by molar-refractivity contribution is -0.929. The van der Waals surface area contributed by atoms with E-state index in [1.54, 1.807) is 0 Å². The third-order valence-corrected chi connectivity index (χ3v) is 12.9. The molecule has 320 valence electrons. The molecule has 0 aromatic rings. The Balaban J connectivity index is 4.42. The third-order valence-electron chi connectivity index (χ3n) is 12.9. The van der Waals surface area contributed by atoms with Gasteiger partial charge in [-0.05, 0) is 44.9 Å². The Morgan fingerprint density at radius 2 is 0.283 bits per heavy atom. The molecule has 0 aromatic carbocycles. The van der Waals surface area contributed by atoms with Crippen molar-refractivity contribution in [2.75, 3.05) is 26.2 Å². The van der Waals surface area contributed by atoms with Crippen molar-refractivity contribution < 1.29 is 4.48 Å². The predicted molar refractivity (Wildman–Crippen MR) is 246 cm³/mol. The lowest BCUT2D eigenvalue weighted by Crippen LogP contribution is -2.50. The van der Waals surface area contributed by atoms with E-state index in [2.05, 4.69) is 27.7 Å². The number of hydrogen-bond donors (Lipinski definition) is 0. The summed E-state index contributed by atoms with van der Waals surface area (Å²) in [6.07, 6.45) is 64.7. The van der Waals surface area contributed by atoms with E-state index >= 15 is 0 Å². The zero-order chi connectivity index (χ0) is 38.4. The highest BCUT2D eigenvalue weighted by Gasteiger charge is 2.25. The van der Waals surface area contributed by atoms with Gasteiger partial charge in [0, 0.05) is 0 Å². The fourth-order valence-corrected chi connectivity index (χ4v) is 9.09. The maximum Gasteiger partial charge on any atom is 0.0786 e. The Morgan fingerprint density at radius 3 is 0.453 bits per heavy atom. The van der Waals surface area contributed by atoms with Gasteiger partial charge in [-0.3, -0.25) is 0 Å². The van der Waals surface area contributed by atoms with Gasteiger partial charge >= 0.3 is 0 Å². The molecule has 0 rings (SSSR count). The molecular formula is C52H108N+. The first-order valence-electron chi connectivity index (χ1n) is 26.1. The molecule has 1 nitrogen and oxygen atoms in total. The first-order valence-corrected chi connectivity index (χ1v) is 26.1. The molecular weight excluding hydrogens is 639 g/mol. The van der Waals surface area contributed by atoms with E-state index in [4.69, 9.17) is 0 Å². The Hall–Kier alpha value is -0.0400. The average molecular weight is 747 g/mol. The van der Waals surface area contributed by atoms with Crippen LogP contribution < -0.4 is 0 Å². The topological polar surface area (TPSA) is 0 Å². The van der Waals surface area contributed by atoms with Crippen LogP contribution in [0.1, 0.15) is 310 Å². The van der Waals surface area contributed by atoms with Crippen LogP contribution in [-0.4, -0.2) is 30.7 Å². The molecule has 0 unspecified atom stereocenters. The number of quaternary nitrogens is 1. The minimum absolute atomic E-state index is 1.37. The zero-order valence-corrected chi connectivity index (χ0v) is 38.4. The molecule has 0 N–H and O–H groups in total. The van der Waals surface area contributed by atoms with Gasteiger partial charge in [0.25, 0.3) is 0 Å². The van der Waals surface area contributed by atoms with Gasteiger partial charge in [0.1, 0.15) is 0 Å². The lowest BCUT2D eigenvalue weighted by Gasteiger charge is -2.39. The third kappa shape index (κ3) is 41.4. The highest BCUT2D eigenvalue weighted by molar-refractivity contribution is 4.56. The van der Waals surface area contributed by atoms with Crippen LogP contribution in [0.15, 0.2) is 0 Å². The molecule has 0 heterocycles. The van der Waals surface area contributed by atoms with Crippen LogP contribution in [0.3, 0.4) is 0 Å². The molecule has 1 heteroatoms. The maximum atomic E-state index is 2.43. The molecule has 0 fully saturated rings. The summed E-state index contributed by atoms with van der Waals surface area (Å²) in [7, 11) is 0. The van der Waals surface area contributed by atoms with Crippen molar-refractivity contribution in [2.24, 2.45) is 0 Å². The summed E-state index contributed by atoms with van der Waals surface area (Å²) in [6, 6.07) is 0.